The Labute approximate surface area is 91.2 Å². The van der Waals surface area contributed by atoms with Gasteiger partial charge in [0.1, 0.15) is 11.9 Å². The molecule has 76 valence electrons. The number of pyridine rings is 1. The van der Waals surface area contributed by atoms with E-state index in [9.17, 15) is 5.11 Å². The van der Waals surface area contributed by atoms with Crippen LogP contribution in [0.1, 0.15) is 19.3 Å². The van der Waals surface area contributed by atoms with E-state index in [1.165, 1.54) is 0 Å². The quantitative estimate of drug-likeness (QED) is 0.883. The lowest BCUT2D eigenvalue weighted by atomic mass is 10.2. The number of aromatic nitrogens is 1. The van der Waals surface area contributed by atoms with Crippen molar-refractivity contribution < 1.29 is 9.84 Å². The molecule has 0 aliphatic heterocycles. The molecule has 1 saturated carbocycles. The minimum absolute atomic E-state index is 0.0638. The summed E-state index contributed by atoms with van der Waals surface area (Å²) in [6, 6.07) is 1.86. The van der Waals surface area contributed by atoms with Crippen molar-refractivity contribution in [2.24, 2.45) is 0 Å². The molecule has 0 spiro atoms. The van der Waals surface area contributed by atoms with Crippen molar-refractivity contribution in [2.75, 3.05) is 0 Å². The first-order valence-corrected chi connectivity index (χ1v) is 5.50. The lowest BCUT2D eigenvalue weighted by molar-refractivity contribution is 0.0601. The van der Waals surface area contributed by atoms with Crippen LogP contribution in [0.4, 0.5) is 0 Å². The number of aliphatic hydroxyl groups is 1. The summed E-state index contributed by atoms with van der Waals surface area (Å²) in [5.74, 6) is 0.713. The zero-order valence-electron chi connectivity index (χ0n) is 7.69. The van der Waals surface area contributed by atoms with Gasteiger partial charge in [0.2, 0.25) is 0 Å². The van der Waals surface area contributed by atoms with E-state index in [0.717, 1.165) is 23.7 Å². The minimum atomic E-state index is -0.325. The molecular weight excluding hydrogens is 246 g/mol. The van der Waals surface area contributed by atoms with Gasteiger partial charge in [-0.05, 0) is 41.3 Å². The Morgan fingerprint density at radius 3 is 2.93 bits per heavy atom. The number of rotatable bonds is 2. The van der Waals surface area contributed by atoms with Crippen molar-refractivity contribution in [3.8, 4) is 5.75 Å². The third-order valence-corrected chi connectivity index (χ3v) is 2.82. The number of halogens is 1. The molecule has 1 aliphatic carbocycles. The van der Waals surface area contributed by atoms with E-state index in [4.69, 9.17) is 4.74 Å². The van der Waals surface area contributed by atoms with Gasteiger partial charge in [-0.1, -0.05) is 0 Å². The Morgan fingerprint density at radius 2 is 2.29 bits per heavy atom. The average Bonchev–Trinajstić information content (AvgIpc) is 2.52. The lowest BCUT2D eigenvalue weighted by Crippen LogP contribution is -2.25. The van der Waals surface area contributed by atoms with Crippen LogP contribution in [0.5, 0.6) is 5.75 Å². The normalized spacial score (nSPS) is 26.4. The molecule has 2 rings (SSSR count). The number of nitrogens with zero attached hydrogens (tertiary/aromatic N) is 1. The second-order valence-electron chi connectivity index (χ2n) is 3.49. The van der Waals surface area contributed by atoms with Crippen LogP contribution in [-0.4, -0.2) is 22.3 Å². The third-order valence-electron chi connectivity index (χ3n) is 2.38. The molecule has 1 heterocycles. The van der Waals surface area contributed by atoms with Crippen molar-refractivity contribution in [1.29, 1.82) is 0 Å². The summed E-state index contributed by atoms with van der Waals surface area (Å²) in [5, 5.41) is 9.56. The Balaban J connectivity index is 2.03. The van der Waals surface area contributed by atoms with Gasteiger partial charge in [-0.2, -0.15) is 0 Å². The third kappa shape index (κ3) is 2.25. The first-order chi connectivity index (χ1) is 6.75. The predicted molar refractivity (Wildman–Crippen MR) is 56.2 cm³/mol. The van der Waals surface area contributed by atoms with Crippen molar-refractivity contribution in [1.82, 2.24) is 4.98 Å². The molecule has 2 unspecified atom stereocenters. The van der Waals surface area contributed by atoms with E-state index in [0.29, 0.717) is 5.75 Å². The molecule has 1 aliphatic rings. The van der Waals surface area contributed by atoms with Gasteiger partial charge in [-0.25, -0.2) is 0 Å². The van der Waals surface area contributed by atoms with Crippen LogP contribution >= 0.6 is 15.9 Å². The zero-order valence-corrected chi connectivity index (χ0v) is 9.27. The molecule has 14 heavy (non-hydrogen) atoms. The molecule has 0 aromatic carbocycles. The van der Waals surface area contributed by atoms with Gasteiger partial charge in [0, 0.05) is 10.7 Å². The maximum absolute atomic E-state index is 9.56. The molecule has 1 N–H and O–H groups in total. The van der Waals surface area contributed by atoms with Gasteiger partial charge in [-0.15, -0.1) is 0 Å². The molecule has 1 aromatic rings. The zero-order chi connectivity index (χ0) is 9.97. The summed E-state index contributed by atoms with van der Waals surface area (Å²) in [4.78, 5) is 4.00. The summed E-state index contributed by atoms with van der Waals surface area (Å²) in [7, 11) is 0. The fourth-order valence-electron chi connectivity index (χ4n) is 1.68. The summed E-state index contributed by atoms with van der Waals surface area (Å²) in [6.07, 6.45) is 5.78. The maximum Gasteiger partial charge on any atom is 0.139 e. The lowest BCUT2D eigenvalue weighted by Gasteiger charge is -2.16. The topological polar surface area (TPSA) is 42.4 Å². The average molecular weight is 258 g/mol. The van der Waals surface area contributed by atoms with Crippen LogP contribution in [0.25, 0.3) is 0 Å². The van der Waals surface area contributed by atoms with E-state index in [1.807, 2.05) is 6.07 Å². The molecule has 0 radical (unpaired) electrons. The Bertz CT molecular complexity index is 319. The standard InChI is InChI=1S/C10H12BrNO2/c11-7-4-8(6-12-5-7)14-10-3-1-2-9(10)13/h4-6,9-10,13H,1-3H2. The first-order valence-electron chi connectivity index (χ1n) is 4.71. The molecule has 0 saturated heterocycles. The first kappa shape index (κ1) is 9.93. The van der Waals surface area contributed by atoms with Crippen LogP contribution in [0.3, 0.4) is 0 Å². The van der Waals surface area contributed by atoms with E-state index >= 15 is 0 Å². The van der Waals surface area contributed by atoms with Gasteiger partial charge < -0.3 is 9.84 Å². The van der Waals surface area contributed by atoms with Crippen LogP contribution < -0.4 is 4.74 Å². The fraction of sp³-hybridized carbons (Fsp3) is 0.500. The van der Waals surface area contributed by atoms with Crippen LogP contribution in [0.2, 0.25) is 0 Å². The van der Waals surface area contributed by atoms with Gasteiger partial charge in [0.15, 0.2) is 0 Å². The van der Waals surface area contributed by atoms with E-state index in [-0.39, 0.29) is 12.2 Å². The largest absolute Gasteiger partial charge is 0.486 e. The second kappa shape index (κ2) is 4.28. The predicted octanol–water partition coefficient (Wildman–Crippen LogP) is 2.14. The number of hydrogen-bond donors (Lipinski definition) is 1. The Hall–Kier alpha value is -0.610. The van der Waals surface area contributed by atoms with Crippen molar-refractivity contribution >= 4 is 15.9 Å². The number of aliphatic hydroxyl groups excluding tert-OH is 1. The van der Waals surface area contributed by atoms with Gasteiger partial charge in [0.25, 0.3) is 0 Å². The Kier molecular flexibility index (Phi) is 3.03. The summed E-state index contributed by atoms with van der Waals surface area (Å²) in [5.41, 5.74) is 0. The van der Waals surface area contributed by atoms with E-state index in [2.05, 4.69) is 20.9 Å². The maximum atomic E-state index is 9.56. The highest BCUT2D eigenvalue weighted by Crippen LogP contribution is 2.25. The molecule has 1 fully saturated rings. The highest BCUT2D eigenvalue weighted by Gasteiger charge is 2.26. The number of hydrogen-bond acceptors (Lipinski definition) is 3. The highest BCUT2D eigenvalue weighted by molar-refractivity contribution is 9.10. The minimum Gasteiger partial charge on any atom is -0.486 e. The molecule has 3 nitrogen and oxygen atoms in total. The smallest absolute Gasteiger partial charge is 0.139 e. The summed E-state index contributed by atoms with van der Waals surface area (Å²) in [6.45, 7) is 0. The molecule has 4 heteroatoms. The van der Waals surface area contributed by atoms with Gasteiger partial charge in [-0.3, -0.25) is 4.98 Å². The van der Waals surface area contributed by atoms with Crippen LogP contribution in [0.15, 0.2) is 22.9 Å². The Morgan fingerprint density at radius 1 is 1.43 bits per heavy atom. The van der Waals surface area contributed by atoms with Crippen molar-refractivity contribution in [3.05, 3.63) is 22.9 Å². The highest BCUT2D eigenvalue weighted by atomic mass is 79.9. The summed E-state index contributed by atoms with van der Waals surface area (Å²) < 4.78 is 6.52. The fourth-order valence-corrected chi connectivity index (χ4v) is 2.02. The van der Waals surface area contributed by atoms with Gasteiger partial charge in [0.05, 0.1) is 12.3 Å². The molecule has 0 bridgehead atoms. The molecule has 2 atom stereocenters. The van der Waals surface area contributed by atoms with E-state index in [1.54, 1.807) is 12.4 Å². The molecule has 1 aromatic heterocycles. The van der Waals surface area contributed by atoms with Crippen molar-refractivity contribution in [3.63, 3.8) is 0 Å². The summed E-state index contributed by atoms with van der Waals surface area (Å²) >= 11 is 3.32. The van der Waals surface area contributed by atoms with Crippen molar-refractivity contribution in [2.45, 2.75) is 31.5 Å². The monoisotopic (exact) mass is 257 g/mol. The second-order valence-corrected chi connectivity index (χ2v) is 4.41. The molecule has 0 amide bonds. The number of ether oxygens (including phenoxy) is 1. The van der Waals surface area contributed by atoms with Gasteiger partial charge >= 0.3 is 0 Å². The van der Waals surface area contributed by atoms with Crippen LogP contribution in [0, 0.1) is 0 Å². The SMILES string of the molecule is OC1CCCC1Oc1cncc(Br)c1. The molecular formula is C10H12BrNO2. The van der Waals surface area contributed by atoms with Crippen LogP contribution in [-0.2, 0) is 0 Å². The van der Waals surface area contributed by atoms with E-state index < -0.39 is 0 Å².